The maximum absolute atomic E-state index is 12.7. The summed E-state index contributed by atoms with van der Waals surface area (Å²) in [6.07, 6.45) is 3.49. The molecule has 0 spiro atoms. The van der Waals surface area contributed by atoms with E-state index in [4.69, 9.17) is 9.47 Å². The van der Waals surface area contributed by atoms with Gasteiger partial charge in [-0.05, 0) is 52.0 Å². The first-order valence-corrected chi connectivity index (χ1v) is 9.99. The van der Waals surface area contributed by atoms with Gasteiger partial charge in [-0.1, -0.05) is 30.3 Å². The molecular formula is C22H31NO4. The van der Waals surface area contributed by atoms with Gasteiger partial charge in [0.2, 0.25) is 0 Å². The van der Waals surface area contributed by atoms with Crippen LogP contribution in [-0.2, 0) is 20.7 Å². The smallest absolute Gasteiger partial charge is 0.410 e. The van der Waals surface area contributed by atoms with Crippen LogP contribution in [-0.4, -0.2) is 47.7 Å². The largest absolute Gasteiger partial charge is 0.444 e. The predicted molar refractivity (Wildman–Crippen MR) is 104 cm³/mol. The Kier molecular flexibility index (Phi) is 6.20. The molecule has 2 aliphatic heterocycles. The number of benzene rings is 1. The van der Waals surface area contributed by atoms with Gasteiger partial charge in [-0.15, -0.1) is 0 Å². The molecule has 5 heteroatoms. The van der Waals surface area contributed by atoms with Crippen molar-refractivity contribution < 1.29 is 19.1 Å². The van der Waals surface area contributed by atoms with Crippen LogP contribution >= 0.6 is 0 Å². The quantitative estimate of drug-likeness (QED) is 0.783. The molecule has 0 radical (unpaired) electrons. The third-order valence-electron chi connectivity index (χ3n) is 5.31. The van der Waals surface area contributed by atoms with E-state index in [0.29, 0.717) is 38.3 Å². The lowest BCUT2D eigenvalue weighted by Crippen LogP contribution is -2.60. The molecule has 2 unspecified atom stereocenters. The highest BCUT2D eigenvalue weighted by molar-refractivity contribution is 5.81. The standard InChI is InChI=1S/C22H31NO4/c1-22(2,3)27-21(25)23-18-12-17(13-19(23)15-26-14-18)20(24)11-7-10-16-8-5-4-6-9-16/h4-6,8-9,17-19H,7,10-15H2,1-3H3. The highest BCUT2D eigenvalue weighted by Crippen LogP contribution is 2.34. The van der Waals surface area contributed by atoms with Gasteiger partial charge in [0.15, 0.2) is 0 Å². The van der Waals surface area contributed by atoms with Gasteiger partial charge >= 0.3 is 6.09 Å². The molecule has 2 heterocycles. The van der Waals surface area contributed by atoms with E-state index in [0.717, 1.165) is 12.8 Å². The molecule has 0 aliphatic carbocycles. The molecular weight excluding hydrogens is 342 g/mol. The minimum Gasteiger partial charge on any atom is -0.444 e. The fraction of sp³-hybridized carbons (Fsp3) is 0.636. The number of Topliss-reactive ketones (excluding diaryl/α,β-unsaturated/α-hetero) is 1. The van der Waals surface area contributed by atoms with Gasteiger partial charge in [0.05, 0.1) is 25.3 Å². The number of ketones is 1. The van der Waals surface area contributed by atoms with Crippen molar-refractivity contribution in [3.8, 4) is 0 Å². The van der Waals surface area contributed by atoms with Crippen molar-refractivity contribution in [3.63, 3.8) is 0 Å². The van der Waals surface area contributed by atoms with Crippen LogP contribution in [0.3, 0.4) is 0 Å². The monoisotopic (exact) mass is 373 g/mol. The number of fused-ring (bicyclic) bond motifs is 2. The summed E-state index contributed by atoms with van der Waals surface area (Å²) < 4.78 is 11.2. The Labute approximate surface area is 162 Å². The number of amides is 1. The third kappa shape index (κ3) is 5.32. The molecule has 2 atom stereocenters. The molecule has 1 aromatic carbocycles. The second kappa shape index (κ2) is 8.42. The van der Waals surface area contributed by atoms with Crippen molar-refractivity contribution in [2.75, 3.05) is 13.2 Å². The number of carbonyl (C=O) groups is 2. The highest BCUT2D eigenvalue weighted by atomic mass is 16.6. The first-order valence-electron chi connectivity index (χ1n) is 9.99. The molecule has 1 amide bonds. The summed E-state index contributed by atoms with van der Waals surface area (Å²) in [4.78, 5) is 27.2. The number of aryl methyl sites for hydroxylation is 1. The van der Waals surface area contributed by atoms with E-state index in [2.05, 4.69) is 12.1 Å². The summed E-state index contributed by atoms with van der Waals surface area (Å²) in [6.45, 7) is 6.60. The van der Waals surface area contributed by atoms with E-state index in [1.807, 2.05) is 43.9 Å². The van der Waals surface area contributed by atoms with Gasteiger partial charge in [-0.25, -0.2) is 4.79 Å². The van der Waals surface area contributed by atoms with Crippen molar-refractivity contribution in [1.29, 1.82) is 0 Å². The topological polar surface area (TPSA) is 55.8 Å². The van der Waals surface area contributed by atoms with Crippen molar-refractivity contribution >= 4 is 11.9 Å². The van der Waals surface area contributed by atoms with Crippen LogP contribution in [0.25, 0.3) is 0 Å². The van der Waals surface area contributed by atoms with Crippen molar-refractivity contribution in [1.82, 2.24) is 4.90 Å². The fourth-order valence-corrected chi connectivity index (χ4v) is 4.11. The molecule has 27 heavy (non-hydrogen) atoms. The Morgan fingerprint density at radius 1 is 1.11 bits per heavy atom. The summed E-state index contributed by atoms with van der Waals surface area (Å²) in [5.74, 6) is 0.352. The zero-order valence-electron chi connectivity index (χ0n) is 16.6. The van der Waals surface area contributed by atoms with Gasteiger partial charge in [0, 0.05) is 12.3 Å². The number of hydrogen-bond acceptors (Lipinski definition) is 4. The summed E-state index contributed by atoms with van der Waals surface area (Å²) in [6, 6.07) is 10.2. The average molecular weight is 373 g/mol. The SMILES string of the molecule is CC(C)(C)OC(=O)N1C2COCC1CC(C(=O)CCCc1ccccc1)C2. The molecule has 2 bridgehead atoms. The van der Waals surface area contributed by atoms with Crippen molar-refractivity contribution in [3.05, 3.63) is 35.9 Å². The van der Waals surface area contributed by atoms with Gasteiger partial charge in [0.25, 0.3) is 0 Å². The van der Waals surface area contributed by atoms with Crippen molar-refractivity contribution in [2.45, 2.75) is 70.6 Å². The molecule has 5 nitrogen and oxygen atoms in total. The Hall–Kier alpha value is -1.88. The fourth-order valence-electron chi connectivity index (χ4n) is 4.11. The lowest BCUT2D eigenvalue weighted by atomic mass is 9.81. The Balaban J connectivity index is 1.54. The molecule has 0 N–H and O–H groups in total. The normalized spacial score (nSPS) is 25.1. The van der Waals surface area contributed by atoms with Crippen LogP contribution in [0.5, 0.6) is 0 Å². The second-order valence-electron chi connectivity index (χ2n) is 8.71. The zero-order valence-corrected chi connectivity index (χ0v) is 16.6. The molecule has 0 saturated carbocycles. The zero-order chi connectivity index (χ0) is 19.4. The molecule has 1 aromatic rings. The summed E-state index contributed by atoms with van der Waals surface area (Å²) in [7, 11) is 0. The third-order valence-corrected chi connectivity index (χ3v) is 5.31. The number of piperidine rings is 1. The summed E-state index contributed by atoms with van der Waals surface area (Å²) in [5, 5.41) is 0. The first kappa shape index (κ1) is 19.9. The number of morpholine rings is 1. The summed E-state index contributed by atoms with van der Waals surface area (Å²) in [5.41, 5.74) is 0.756. The van der Waals surface area contributed by atoms with Gasteiger partial charge in [-0.2, -0.15) is 0 Å². The number of rotatable bonds is 5. The molecule has 0 aromatic heterocycles. The van der Waals surface area contributed by atoms with E-state index in [-0.39, 0.29) is 24.1 Å². The lowest BCUT2D eigenvalue weighted by molar-refractivity contribution is -0.132. The number of ether oxygens (including phenoxy) is 2. The molecule has 148 valence electrons. The van der Waals surface area contributed by atoms with Crippen LogP contribution in [0, 0.1) is 5.92 Å². The second-order valence-corrected chi connectivity index (χ2v) is 8.71. The van der Waals surface area contributed by atoms with Gasteiger partial charge < -0.3 is 9.47 Å². The lowest BCUT2D eigenvalue weighted by Gasteiger charge is -2.47. The van der Waals surface area contributed by atoms with Crippen LogP contribution in [0.2, 0.25) is 0 Å². The maximum Gasteiger partial charge on any atom is 0.410 e. The Morgan fingerprint density at radius 2 is 1.74 bits per heavy atom. The minimum atomic E-state index is -0.518. The van der Waals surface area contributed by atoms with Crippen LogP contribution in [0.4, 0.5) is 4.79 Å². The molecule has 2 aliphatic rings. The van der Waals surface area contributed by atoms with Gasteiger partial charge in [-0.3, -0.25) is 9.69 Å². The van der Waals surface area contributed by atoms with Crippen molar-refractivity contribution in [2.24, 2.45) is 5.92 Å². The summed E-state index contributed by atoms with van der Waals surface area (Å²) >= 11 is 0. The number of hydrogen-bond donors (Lipinski definition) is 0. The van der Waals surface area contributed by atoms with E-state index in [1.54, 1.807) is 0 Å². The molecule has 3 rings (SSSR count). The van der Waals surface area contributed by atoms with E-state index >= 15 is 0 Å². The van der Waals surface area contributed by atoms with Crippen LogP contribution in [0.1, 0.15) is 52.0 Å². The molecule has 2 saturated heterocycles. The van der Waals surface area contributed by atoms with Crippen LogP contribution < -0.4 is 0 Å². The van der Waals surface area contributed by atoms with E-state index in [9.17, 15) is 9.59 Å². The van der Waals surface area contributed by atoms with Crippen LogP contribution in [0.15, 0.2) is 30.3 Å². The first-order chi connectivity index (χ1) is 12.8. The minimum absolute atomic E-state index is 0.0263. The van der Waals surface area contributed by atoms with Gasteiger partial charge in [0.1, 0.15) is 11.4 Å². The van der Waals surface area contributed by atoms with E-state index in [1.165, 1.54) is 5.56 Å². The predicted octanol–water partition coefficient (Wildman–Crippen LogP) is 3.99. The number of nitrogens with zero attached hydrogens (tertiary/aromatic N) is 1. The highest BCUT2D eigenvalue weighted by Gasteiger charge is 2.44. The Bertz CT molecular complexity index is 638. The number of carbonyl (C=O) groups excluding carboxylic acids is 2. The van der Waals surface area contributed by atoms with E-state index < -0.39 is 5.60 Å². The average Bonchev–Trinajstić information content (AvgIpc) is 2.60. The maximum atomic E-state index is 12.7. The Morgan fingerprint density at radius 3 is 2.33 bits per heavy atom. The molecule has 2 fully saturated rings.